The molecule has 53 heavy (non-hydrogen) atoms. The third-order valence-corrected chi connectivity index (χ3v) is 10.7. The van der Waals surface area contributed by atoms with Crippen molar-refractivity contribution >= 4 is 86.0 Å². The summed E-state index contributed by atoms with van der Waals surface area (Å²) in [5.74, 6) is -0.707. The van der Waals surface area contributed by atoms with Gasteiger partial charge in [0.05, 0.1) is 41.4 Å². The number of ether oxygens (including phenoxy) is 1. The molecule has 0 bridgehead atoms. The normalized spacial score (nSPS) is 13.0. The van der Waals surface area contributed by atoms with E-state index in [4.69, 9.17) is 20.8 Å². The number of azo groups is 3. The van der Waals surface area contributed by atoms with Gasteiger partial charge >= 0.3 is 10.4 Å². The Balaban J connectivity index is 1.80. The van der Waals surface area contributed by atoms with Gasteiger partial charge in [0.1, 0.15) is 44.0 Å². The molecule has 21 nitrogen and oxygen atoms in total. The summed E-state index contributed by atoms with van der Waals surface area (Å²) < 4.78 is 132. The van der Waals surface area contributed by atoms with Gasteiger partial charge in [-0.05, 0) is 67.1 Å². The van der Waals surface area contributed by atoms with Crippen LogP contribution >= 0.6 is 0 Å². The van der Waals surface area contributed by atoms with Gasteiger partial charge in [-0.15, -0.1) is 25.6 Å². The standard InChI is InChI=1S/C28H28N8O13S4/c1-16-3-9-20(24(13-16)51(39,40)41)32-34-22-15-23(35-33-21-10-6-18(48-2)14-25(21)52(42,43)44)27(30)28(26(22)29)36-31-17-4-7-19(8-5-17)50(37,38)12-11-49-53(45,46)47/h3-10,13-15H,11-12,29-30H2,1-2H3,(H,39,40,41)(H,42,43,44)(H,45,46,47). The number of nitrogens with zero attached hydrogens (tertiary/aromatic N) is 6. The summed E-state index contributed by atoms with van der Waals surface area (Å²) in [6.45, 7) is 0.735. The van der Waals surface area contributed by atoms with Crippen LogP contribution in [0.1, 0.15) is 5.56 Å². The van der Waals surface area contributed by atoms with Gasteiger partial charge in [-0.2, -0.15) is 30.4 Å². The maximum absolute atomic E-state index is 12.5. The van der Waals surface area contributed by atoms with Crippen molar-refractivity contribution < 1.29 is 56.2 Å². The highest BCUT2D eigenvalue weighted by molar-refractivity contribution is 7.91. The first-order valence-corrected chi connectivity index (χ1v) is 20.1. The first kappa shape index (κ1) is 40.5. The number of nitrogens with two attached hydrogens (primary N) is 2. The van der Waals surface area contributed by atoms with Crippen LogP contribution in [0, 0.1) is 6.92 Å². The Kier molecular flexibility index (Phi) is 12.0. The second-order valence-corrected chi connectivity index (χ2v) is 16.5. The molecule has 282 valence electrons. The number of rotatable bonds is 14. The van der Waals surface area contributed by atoms with E-state index in [1.54, 1.807) is 6.92 Å². The topological polar surface area (TPSA) is 342 Å². The molecule has 0 radical (unpaired) electrons. The van der Waals surface area contributed by atoms with Crippen molar-refractivity contribution in [2.75, 3.05) is 30.9 Å². The van der Waals surface area contributed by atoms with E-state index in [9.17, 15) is 42.8 Å². The molecular formula is C28H28N8O13S4. The SMILES string of the molecule is COc1ccc(N=Nc2cc(N=Nc3ccc(C)cc3S(=O)(=O)O)c(N)c(N=Nc3ccc(S(=O)(=O)CCOS(=O)(=O)O)cc3)c2N)c(S(=O)(=O)O)c1. The number of aryl methyl sites for hydroxylation is 1. The number of hydrogen-bond acceptors (Lipinski definition) is 18. The van der Waals surface area contributed by atoms with Crippen LogP contribution in [0.2, 0.25) is 0 Å². The third kappa shape index (κ3) is 10.6. The fraction of sp³-hybridized carbons (Fsp3) is 0.143. The molecule has 0 aliphatic heterocycles. The molecule has 25 heteroatoms. The Hall–Kier alpha value is -5.28. The van der Waals surface area contributed by atoms with Gasteiger partial charge in [-0.3, -0.25) is 13.7 Å². The van der Waals surface area contributed by atoms with E-state index in [1.807, 2.05) is 0 Å². The maximum atomic E-state index is 12.5. The van der Waals surface area contributed by atoms with Crippen LogP contribution < -0.4 is 16.2 Å². The lowest BCUT2D eigenvalue weighted by Gasteiger charge is -2.10. The molecular weight excluding hydrogens is 785 g/mol. The lowest BCUT2D eigenvalue weighted by atomic mass is 10.2. The highest BCUT2D eigenvalue weighted by Crippen LogP contribution is 2.46. The number of hydrogen-bond donors (Lipinski definition) is 5. The molecule has 0 saturated carbocycles. The molecule has 4 aromatic carbocycles. The Labute approximate surface area is 302 Å². The van der Waals surface area contributed by atoms with E-state index in [0.29, 0.717) is 5.56 Å². The molecule has 0 amide bonds. The predicted molar refractivity (Wildman–Crippen MR) is 188 cm³/mol. The molecule has 0 aromatic heterocycles. The molecule has 0 saturated heterocycles. The molecule has 0 aliphatic rings. The zero-order valence-corrected chi connectivity index (χ0v) is 30.4. The monoisotopic (exact) mass is 812 g/mol. The van der Waals surface area contributed by atoms with E-state index >= 15 is 0 Å². The summed E-state index contributed by atoms with van der Waals surface area (Å²) in [4.78, 5) is -1.48. The average molecular weight is 813 g/mol. The van der Waals surface area contributed by atoms with Crippen LogP contribution in [0.4, 0.5) is 45.5 Å². The van der Waals surface area contributed by atoms with Crippen LogP contribution in [0.25, 0.3) is 0 Å². The van der Waals surface area contributed by atoms with Crippen LogP contribution in [-0.2, 0) is 44.7 Å². The summed E-state index contributed by atoms with van der Waals surface area (Å²) in [5, 5.41) is 23.8. The summed E-state index contributed by atoms with van der Waals surface area (Å²) in [5.41, 5.74) is 11.2. The minimum Gasteiger partial charge on any atom is -0.497 e. The van der Waals surface area contributed by atoms with Crippen LogP contribution in [0.5, 0.6) is 5.75 Å². The first-order valence-electron chi connectivity index (χ1n) is 14.2. The number of benzene rings is 4. The lowest BCUT2D eigenvalue weighted by molar-refractivity contribution is 0.284. The van der Waals surface area contributed by atoms with Crippen LogP contribution in [0.15, 0.2) is 112 Å². The smallest absolute Gasteiger partial charge is 0.397 e. The van der Waals surface area contributed by atoms with Gasteiger partial charge in [-0.25, -0.2) is 12.6 Å². The summed E-state index contributed by atoms with van der Waals surface area (Å²) in [7, 11) is -17.2. The average Bonchev–Trinajstić information content (AvgIpc) is 3.06. The van der Waals surface area contributed by atoms with Gasteiger partial charge in [0.15, 0.2) is 9.84 Å². The van der Waals surface area contributed by atoms with Crippen molar-refractivity contribution in [1.29, 1.82) is 0 Å². The molecule has 0 unspecified atom stereocenters. The molecule has 0 aliphatic carbocycles. The van der Waals surface area contributed by atoms with E-state index in [2.05, 4.69) is 34.9 Å². The minimum atomic E-state index is -4.85. The van der Waals surface area contributed by atoms with Gasteiger partial charge < -0.3 is 16.2 Å². The first-order chi connectivity index (χ1) is 24.6. The zero-order chi connectivity index (χ0) is 39.4. The molecule has 0 fully saturated rings. The zero-order valence-electron chi connectivity index (χ0n) is 27.2. The van der Waals surface area contributed by atoms with Crippen molar-refractivity contribution in [1.82, 2.24) is 0 Å². The number of anilines is 2. The van der Waals surface area contributed by atoms with Gasteiger partial charge in [0, 0.05) is 6.07 Å². The minimum absolute atomic E-state index is 0.0561. The van der Waals surface area contributed by atoms with Crippen LogP contribution in [-0.4, -0.2) is 66.8 Å². The quantitative estimate of drug-likeness (QED) is 0.0596. The molecule has 7 N–H and O–H groups in total. The van der Waals surface area contributed by atoms with Gasteiger partial charge in [-0.1, -0.05) is 6.07 Å². The largest absolute Gasteiger partial charge is 0.497 e. The van der Waals surface area contributed by atoms with Crippen molar-refractivity contribution in [3.05, 3.63) is 72.3 Å². The van der Waals surface area contributed by atoms with E-state index in [1.165, 1.54) is 43.5 Å². The maximum Gasteiger partial charge on any atom is 0.397 e. The second kappa shape index (κ2) is 15.8. The lowest BCUT2D eigenvalue weighted by Crippen LogP contribution is -2.15. The van der Waals surface area contributed by atoms with Crippen molar-refractivity contribution in [2.45, 2.75) is 21.6 Å². The Morgan fingerprint density at radius 3 is 1.64 bits per heavy atom. The fourth-order valence-electron chi connectivity index (χ4n) is 4.18. The highest BCUT2D eigenvalue weighted by atomic mass is 32.3. The van der Waals surface area contributed by atoms with Crippen LogP contribution in [0.3, 0.4) is 0 Å². The van der Waals surface area contributed by atoms with Gasteiger partial charge in [0.2, 0.25) is 0 Å². The number of sulfone groups is 1. The number of methoxy groups -OCH3 is 1. The second-order valence-electron chi connectivity index (χ2n) is 10.5. The Morgan fingerprint density at radius 1 is 0.623 bits per heavy atom. The van der Waals surface area contributed by atoms with E-state index in [-0.39, 0.29) is 56.1 Å². The Bertz CT molecular complexity index is 2600. The van der Waals surface area contributed by atoms with Crippen molar-refractivity contribution in [2.24, 2.45) is 30.7 Å². The summed E-state index contributed by atoms with van der Waals surface area (Å²) in [6, 6.07) is 13.3. The third-order valence-electron chi connectivity index (χ3n) is 6.75. The summed E-state index contributed by atoms with van der Waals surface area (Å²) in [6.07, 6.45) is 0. The Morgan fingerprint density at radius 2 is 1.13 bits per heavy atom. The highest BCUT2D eigenvalue weighted by Gasteiger charge is 2.21. The molecule has 0 spiro atoms. The van der Waals surface area contributed by atoms with E-state index in [0.717, 1.165) is 30.3 Å². The molecule has 0 heterocycles. The molecule has 0 atom stereocenters. The summed E-state index contributed by atoms with van der Waals surface area (Å²) >= 11 is 0. The number of nitrogen functional groups attached to an aromatic ring is 2. The molecule has 4 rings (SSSR count). The van der Waals surface area contributed by atoms with Crippen molar-refractivity contribution in [3.63, 3.8) is 0 Å². The van der Waals surface area contributed by atoms with E-state index < -0.39 is 62.6 Å². The predicted octanol–water partition coefficient (Wildman–Crippen LogP) is 5.50. The van der Waals surface area contributed by atoms with Crippen molar-refractivity contribution in [3.8, 4) is 5.75 Å². The molecule has 4 aromatic rings. The fourth-order valence-corrected chi connectivity index (χ4v) is 7.01. The van der Waals surface area contributed by atoms with Gasteiger partial charge in [0.25, 0.3) is 20.2 Å².